The van der Waals surface area contributed by atoms with Crippen LogP contribution >= 0.6 is 11.6 Å². The fourth-order valence-electron chi connectivity index (χ4n) is 8.65. The molecule has 1 amide bonds. The zero-order chi connectivity index (χ0) is 31.8. The number of aliphatic hydroxyl groups is 3. The van der Waals surface area contributed by atoms with Crippen LogP contribution in [0.1, 0.15) is 44.5 Å². The summed E-state index contributed by atoms with van der Waals surface area (Å²) in [5.74, 6) is -0.892. The van der Waals surface area contributed by atoms with Crippen LogP contribution in [-0.4, -0.2) is 64.9 Å². The first-order valence-electron chi connectivity index (χ1n) is 15.2. The summed E-state index contributed by atoms with van der Waals surface area (Å²) in [6.07, 6.45) is -0.388. The molecular weight excluding hydrogens is 582 g/mol. The van der Waals surface area contributed by atoms with Gasteiger partial charge in [-0.05, 0) is 84.1 Å². The highest BCUT2D eigenvalue weighted by molar-refractivity contribution is 6.30. The highest BCUT2D eigenvalue weighted by Crippen LogP contribution is 2.72. The Bertz CT molecular complexity index is 1520. The number of ether oxygens (including phenoxy) is 2. The fraction of sp³-hybridized carbons (Fsp3) is 0.486. The molecule has 9 heteroatoms. The van der Waals surface area contributed by atoms with Gasteiger partial charge in [-0.1, -0.05) is 62.7 Å². The molecule has 2 aromatic carbocycles. The number of aliphatic hydroxyl groups excluding tert-OH is 2. The maximum absolute atomic E-state index is 13.5. The lowest BCUT2D eigenvalue weighted by atomic mass is 9.58. The minimum absolute atomic E-state index is 0.0538. The van der Waals surface area contributed by atoms with Crippen LogP contribution in [0.2, 0.25) is 5.02 Å². The van der Waals surface area contributed by atoms with Gasteiger partial charge in [-0.3, -0.25) is 4.90 Å². The molecule has 8 nitrogen and oxygen atoms in total. The van der Waals surface area contributed by atoms with Gasteiger partial charge in [0.15, 0.2) is 6.10 Å². The minimum Gasteiger partial charge on any atom is -0.457 e. The summed E-state index contributed by atoms with van der Waals surface area (Å²) in [6.45, 7) is 7.81. The van der Waals surface area contributed by atoms with Gasteiger partial charge in [-0.2, -0.15) is 0 Å². The molecule has 2 bridgehead atoms. The molecular formula is C35H40ClNO7. The molecule has 234 valence electrons. The van der Waals surface area contributed by atoms with Crippen molar-refractivity contribution < 1.29 is 34.4 Å². The van der Waals surface area contributed by atoms with Crippen molar-refractivity contribution >= 4 is 29.4 Å². The summed E-state index contributed by atoms with van der Waals surface area (Å²) in [5.41, 5.74) is -1.85. The number of hydrogen-bond donors (Lipinski definition) is 3. The number of nitrogens with zero attached hydrogens (tertiary/aromatic N) is 1. The number of esters is 1. The van der Waals surface area contributed by atoms with Crippen molar-refractivity contribution in [3.8, 4) is 0 Å². The van der Waals surface area contributed by atoms with Crippen LogP contribution in [-0.2, 0) is 9.47 Å². The van der Waals surface area contributed by atoms with Crippen LogP contribution < -0.4 is 4.90 Å². The Balaban J connectivity index is 1.39. The van der Waals surface area contributed by atoms with Crippen molar-refractivity contribution in [3.63, 3.8) is 0 Å². The maximum Gasteiger partial charge on any atom is 0.414 e. The maximum atomic E-state index is 13.5. The number of rotatable bonds is 5. The SMILES string of the molecule is CC1=C[C@]23C(O)[C@@H](C=C(COC(=O)c4ccccc4)[C@@H](O)[C@]2(O)[C@H]1OC(=O)N(C)c1ccc(Cl)cc1)[C@H]1C(C[C@H]3C)C1(C)C. The smallest absolute Gasteiger partial charge is 0.414 e. The molecule has 9 atom stereocenters. The molecule has 2 fully saturated rings. The molecule has 44 heavy (non-hydrogen) atoms. The van der Waals surface area contributed by atoms with E-state index in [-0.39, 0.29) is 35.3 Å². The van der Waals surface area contributed by atoms with Crippen LogP contribution in [0.5, 0.6) is 0 Å². The highest BCUT2D eigenvalue weighted by Gasteiger charge is 2.76. The Labute approximate surface area is 262 Å². The highest BCUT2D eigenvalue weighted by atomic mass is 35.5. The van der Waals surface area contributed by atoms with Crippen molar-refractivity contribution in [2.24, 2.45) is 34.5 Å². The summed E-state index contributed by atoms with van der Waals surface area (Å²) in [5, 5.41) is 37.9. The monoisotopic (exact) mass is 621 g/mol. The van der Waals surface area contributed by atoms with Crippen LogP contribution in [0.15, 0.2) is 77.9 Å². The first-order valence-corrected chi connectivity index (χ1v) is 15.5. The second-order valence-electron chi connectivity index (χ2n) is 13.6. The van der Waals surface area contributed by atoms with Crippen LogP contribution in [0.4, 0.5) is 10.5 Å². The molecule has 0 aliphatic heterocycles. The number of halogens is 1. The van der Waals surface area contributed by atoms with Crippen LogP contribution in [0.25, 0.3) is 0 Å². The number of hydrogen-bond acceptors (Lipinski definition) is 7. The van der Waals surface area contributed by atoms with Gasteiger partial charge in [0.1, 0.15) is 18.3 Å². The van der Waals surface area contributed by atoms with E-state index in [0.717, 1.165) is 6.42 Å². The molecule has 0 radical (unpaired) electrons. The molecule has 4 aliphatic carbocycles. The van der Waals surface area contributed by atoms with E-state index in [9.17, 15) is 24.9 Å². The number of fused-ring (bicyclic) bond motifs is 3. The van der Waals surface area contributed by atoms with E-state index in [1.165, 1.54) is 4.90 Å². The summed E-state index contributed by atoms with van der Waals surface area (Å²) in [7, 11) is 1.55. The number of amides is 1. The van der Waals surface area contributed by atoms with Crippen LogP contribution in [0.3, 0.4) is 0 Å². The van der Waals surface area contributed by atoms with E-state index < -0.39 is 47.3 Å². The Morgan fingerprint density at radius 2 is 1.73 bits per heavy atom. The van der Waals surface area contributed by atoms with Gasteiger partial charge in [0, 0.05) is 23.7 Å². The number of benzene rings is 2. The van der Waals surface area contributed by atoms with E-state index in [2.05, 4.69) is 13.8 Å². The second kappa shape index (κ2) is 10.7. The van der Waals surface area contributed by atoms with Crippen molar-refractivity contribution in [3.05, 3.63) is 88.5 Å². The lowest BCUT2D eigenvalue weighted by molar-refractivity contribution is -0.214. The van der Waals surface area contributed by atoms with E-state index in [1.807, 2.05) is 13.0 Å². The number of carbonyl (C=O) groups excluding carboxylic acids is 2. The quantitative estimate of drug-likeness (QED) is 0.302. The average molecular weight is 622 g/mol. The topological polar surface area (TPSA) is 117 Å². The first kappa shape index (κ1) is 30.8. The lowest BCUT2D eigenvalue weighted by Gasteiger charge is -2.52. The Morgan fingerprint density at radius 3 is 2.39 bits per heavy atom. The zero-order valence-electron chi connectivity index (χ0n) is 25.6. The Kier molecular flexibility index (Phi) is 7.52. The van der Waals surface area contributed by atoms with Gasteiger partial charge in [0.2, 0.25) is 0 Å². The fourth-order valence-corrected chi connectivity index (χ4v) is 8.77. The van der Waals surface area contributed by atoms with E-state index >= 15 is 0 Å². The Hall–Kier alpha value is -3.17. The number of carbonyl (C=O) groups is 2. The standard InChI is InChI=1S/C35H40ClNO7/c1-19-17-34-20(2)15-26-27(33(26,3)4)25(29(34)39)16-22(18-43-31(40)21-9-7-6-8-10-21)28(38)35(34,42)30(19)44-32(41)37(5)24-13-11-23(36)12-14-24/h6-14,16-17,20,25-30,38-39,42H,15,18H2,1-5H3/t20-,25+,26?,27+,28-,29?,30+,34+,35+/m1/s1. The van der Waals surface area contributed by atoms with E-state index in [4.69, 9.17) is 21.1 Å². The molecule has 3 N–H and O–H groups in total. The molecule has 1 spiro atoms. The summed E-state index contributed by atoms with van der Waals surface area (Å²) in [6, 6.07) is 15.2. The van der Waals surface area contributed by atoms with Gasteiger partial charge >= 0.3 is 12.1 Å². The number of anilines is 1. The lowest BCUT2D eigenvalue weighted by Crippen LogP contribution is -2.67. The summed E-state index contributed by atoms with van der Waals surface area (Å²) < 4.78 is 11.7. The first-order chi connectivity index (χ1) is 20.7. The molecule has 2 unspecified atom stereocenters. The predicted molar refractivity (Wildman–Crippen MR) is 166 cm³/mol. The minimum atomic E-state index is -2.15. The molecule has 4 aliphatic rings. The van der Waals surface area contributed by atoms with Gasteiger partial charge in [0.25, 0.3) is 0 Å². The van der Waals surface area contributed by atoms with Gasteiger partial charge in [-0.15, -0.1) is 0 Å². The molecule has 2 aromatic rings. The summed E-state index contributed by atoms with van der Waals surface area (Å²) >= 11 is 6.03. The van der Waals surface area contributed by atoms with Crippen molar-refractivity contribution in [1.29, 1.82) is 0 Å². The second-order valence-corrected chi connectivity index (χ2v) is 14.1. The van der Waals surface area contributed by atoms with Gasteiger partial charge in [0.05, 0.1) is 17.1 Å². The zero-order valence-corrected chi connectivity index (χ0v) is 26.4. The van der Waals surface area contributed by atoms with E-state index in [1.54, 1.807) is 74.6 Å². The third-order valence-corrected chi connectivity index (χ3v) is 11.3. The van der Waals surface area contributed by atoms with E-state index in [0.29, 0.717) is 21.8 Å². The Morgan fingerprint density at radius 1 is 1.07 bits per heavy atom. The van der Waals surface area contributed by atoms with Crippen LogP contribution in [0, 0.1) is 34.5 Å². The van der Waals surface area contributed by atoms with Gasteiger partial charge < -0.3 is 24.8 Å². The molecule has 0 saturated heterocycles. The predicted octanol–water partition coefficient (Wildman–Crippen LogP) is 5.41. The molecule has 0 heterocycles. The molecule has 6 rings (SSSR count). The third kappa shape index (κ3) is 4.44. The molecule has 0 aromatic heterocycles. The van der Waals surface area contributed by atoms with Crippen molar-refractivity contribution in [2.75, 3.05) is 18.6 Å². The molecule has 2 saturated carbocycles. The normalized spacial score (nSPS) is 36.4. The van der Waals surface area contributed by atoms with Gasteiger partial charge in [-0.25, -0.2) is 9.59 Å². The largest absolute Gasteiger partial charge is 0.457 e. The van der Waals surface area contributed by atoms with Crippen molar-refractivity contribution in [1.82, 2.24) is 0 Å². The average Bonchev–Trinajstić information content (AvgIpc) is 3.49. The summed E-state index contributed by atoms with van der Waals surface area (Å²) in [4.78, 5) is 27.8. The third-order valence-electron chi connectivity index (χ3n) is 11.1. The van der Waals surface area contributed by atoms with Crippen molar-refractivity contribution in [2.45, 2.75) is 58.0 Å².